The monoisotopic (exact) mass is 300 g/mol. The van der Waals surface area contributed by atoms with Crippen LogP contribution in [0.15, 0.2) is 36.7 Å². The standard InChI is InChI=1S/C16H20N4O2/c1-3-4-9-17-15-11-18-13(10-19-15)16(21)20-12-7-5-6-8-14(12)22-2/h5-8,10-11H,3-4,9H2,1-2H3,(H,17,19)(H,20,21). The van der Waals surface area contributed by atoms with Crippen LogP contribution in [-0.4, -0.2) is 29.5 Å². The van der Waals surface area contributed by atoms with E-state index in [1.807, 2.05) is 12.1 Å². The lowest BCUT2D eigenvalue weighted by molar-refractivity contribution is 0.102. The summed E-state index contributed by atoms with van der Waals surface area (Å²) in [7, 11) is 1.56. The number of anilines is 2. The van der Waals surface area contributed by atoms with Gasteiger partial charge in [0.1, 0.15) is 17.3 Å². The molecule has 0 atom stereocenters. The molecule has 0 saturated heterocycles. The van der Waals surface area contributed by atoms with Crippen molar-refractivity contribution in [2.75, 3.05) is 24.3 Å². The number of unbranched alkanes of at least 4 members (excludes halogenated alkanes) is 1. The van der Waals surface area contributed by atoms with Gasteiger partial charge in [0, 0.05) is 6.54 Å². The van der Waals surface area contributed by atoms with Crippen molar-refractivity contribution in [2.45, 2.75) is 19.8 Å². The maximum absolute atomic E-state index is 12.2. The molecule has 6 nitrogen and oxygen atoms in total. The van der Waals surface area contributed by atoms with Gasteiger partial charge in [0.2, 0.25) is 0 Å². The lowest BCUT2D eigenvalue weighted by Gasteiger charge is -2.09. The van der Waals surface area contributed by atoms with Crippen molar-refractivity contribution in [2.24, 2.45) is 0 Å². The average Bonchev–Trinajstić information content (AvgIpc) is 2.56. The molecular formula is C16H20N4O2. The van der Waals surface area contributed by atoms with Crippen molar-refractivity contribution >= 4 is 17.4 Å². The maximum Gasteiger partial charge on any atom is 0.275 e. The Labute approximate surface area is 129 Å². The molecule has 2 rings (SSSR count). The van der Waals surface area contributed by atoms with Gasteiger partial charge in [0.15, 0.2) is 0 Å². The predicted octanol–water partition coefficient (Wildman–Crippen LogP) is 2.95. The molecule has 0 unspecified atom stereocenters. The largest absolute Gasteiger partial charge is 0.495 e. The maximum atomic E-state index is 12.2. The molecule has 0 saturated carbocycles. The summed E-state index contributed by atoms with van der Waals surface area (Å²) >= 11 is 0. The minimum Gasteiger partial charge on any atom is -0.495 e. The second-order valence-corrected chi connectivity index (χ2v) is 4.72. The van der Waals surface area contributed by atoms with Crippen LogP contribution in [0.5, 0.6) is 5.75 Å². The summed E-state index contributed by atoms with van der Waals surface area (Å²) in [6.07, 6.45) is 5.20. The number of hydrogen-bond donors (Lipinski definition) is 2. The lowest BCUT2D eigenvalue weighted by Crippen LogP contribution is -2.15. The number of nitrogens with zero attached hydrogens (tertiary/aromatic N) is 2. The van der Waals surface area contributed by atoms with Gasteiger partial charge in [-0.2, -0.15) is 0 Å². The summed E-state index contributed by atoms with van der Waals surface area (Å²) < 4.78 is 5.20. The van der Waals surface area contributed by atoms with Gasteiger partial charge in [-0.3, -0.25) is 4.79 Å². The Morgan fingerprint density at radius 3 is 2.73 bits per heavy atom. The van der Waals surface area contributed by atoms with Crippen LogP contribution in [0.25, 0.3) is 0 Å². The molecule has 2 aromatic rings. The number of para-hydroxylation sites is 2. The highest BCUT2D eigenvalue weighted by Crippen LogP contribution is 2.23. The highest BCUT2D eigenvalue weighted by atomic mass is 16.5. The van der Waals surface area contributed by atoms with Gasteiger partial charge >= 0.3 is 0 Å². The second kappa shape index (κ2) is 7.97. The highest BCUT2D eigenvalue weighted by molar-refractivity contribution is 6.03. The number of amides is 1. The molecule has 1 aromatic carbocycles. The third-order valence-corrected chi connectivity index (χ3v) is 3.08. The predicted molar refractivity (Wildman–Crippen MR) is 86.4 cm³/mol. The van der Waals surface area contributed by atoms with Gasteiger partial charge < -0.3 is 15.4 Å². The van der Waals surface area contributed by atoms with Crippen LogP contribution in [0, 0.1) is 0 Å². The van der Waals surface area contributed by atoms with E-state index in [2.05, 4.69) is 27.5 Å². The average molecular weight is 300 g/mol. The highest BCUT2D eigenvalue weighted by Gasteiger charge is 2.11. The molecule has 2 N–H and O–H groups in total. The van der Waals surface area contributed by atoms with Crippen molar-refractivity contribution < 1.29 is 9.53 Å². The number of carbonyl (C=O) groups excluding carboxylic acids is 1. The number of carbonyl (C=O) groups is 1. The van der Waals surface area contributed by atoms with Crippen molar-refractivity contribution in [1.82, 2.24) is 9.97 Å². The Morgan fingerprint density at radius 1 is 1.23 bits per heavy atom. The molecule has 0 aliphatic heterocycles. The zero-order chi connectivity index (χ0) is 15.8. The molecule has 0 aliphatic rings. The third-order valence-electron chi connectivity index (χ3n) is 3.08. The molecule has 6 heteroatoms. The number of ether oxygens (including phenoxy) is 1. The van der Waals surface area contributed by atoms with E-state index in [4.69, 9.17) is 4.74 Å². The van der Waals surface area contributed by atoms with Gasteiger partial charge in [-0.15, -0.1) is 0 Å². The lowest BCUT2D eigenvalue weighted by atomic mass is 10.3. The van der Waals surface area contributed by atoms with Crippen LogP contribution >= 0.6 is 0 Å². The van der Waals surface area contributed by atoms with E-state index < -0.39 is 0 Å². The summed E-state index contributed by atoms with van der Waals surface area (Å²) in [6, 6.07) is 7.21. The van der Waals surface area contributed by atoms with Gasteiger partial charge in [0.25, 0.3) is 5.91 Å². The van der Waals surface area contributed by atoms with E-state index in [-0.39, 0.29) is 11.6 Å². The number of rotatable bonds is 7. The third kappa shape index (κ3) is 4.18. The minimum atomic E-state index is -0.322. The Balaban J connectivity index is 2.00. The van der Waals surface area contributed by atoms with Crippen LogP contribution in [0.1, 0.15) is 30.3 Å². The quantitative estimate of drug-likeness (QED) is 0.769. The summed E-state index contributed by atoms with van der Waals surface area (Å²) in [5.41, 5.74) is 0.855. The number of hydrogen-bond acceptors (Lipinski definition) is 5. The molecule has 0 bridgehead atoms. The van der Waals surface area contributed by atoms with Crippen molar-refractivity contribution in [3.8, 4) is 5.75 Å². The number of methoxy groups -OCH3 is 1. The first kappa shape index (κ1) is 15.8. The van der Waals surface area contributed by atoms with Crippen LogP contribution in [0.2, 0.25) is 0 Å². The fourth-order valence-corrected chi connectivity index (χ4v) is 1.86. The van der Waals surface area contributed by atoms with Gasteiger partial charge in [-0.1, -0.05) is 25.5 Å². The summed E-state index contributed by atoms with van der Waals surface area (Å²) in [5, 5.41) is 5.92. The van der Waals surface area contributed by atoms with E-state index in [9.17, 15) is 4.79 Å². The Bertz CT molecular complexity index is 614. The summed E-state index contributed by atoms with van der Waals surface area (Å²) in [6.45, 7) is 2.97. The minimum absolute atomic E-state index is 0.256. The molecule has 1 heterocycles. The first-order chi connectivity index (χ1) is 10.7. The molecular weight excluding hydrogens is 280 g/mol. The van der Waals surface area contributed by atoms with Crippen LogP contribution in [0.3, 0.4) is 0 Å². The zero-order valence-electron chi connectivity index (χ0n) is 12.8. The molecule has 0 fully saturated rings. The van der Waals surface area contributed by atoms with E-state index in [0.29, 0.717) is 17.3 Å². The molecule has 0 radical (unpaired) electrons. The normalized spacial score (nSPS) is 10.1. The van der Waals surface area contributed by atoms with Crippen molar-refractivity contribution in [3.05, 3.63) is 42.4 Å². The number of benzene rings is 1. The Hall–Kier alpha value is -2.63. The fraction of sp³-hybridized carbons (Fsp3) is 0.312. The van der Waals surface area contributed by atoms with Gasteiger partial charge in [-0.25, -0.2) is 9.97 Å². The molecule has 0 spiro atoms. The SMILES string of the molecule is CCCCNc1cnc(C(=O)Nc2ccccc2OC)cn1. The Morgan fingerprint density at radius 2 is 2.05 bits per heavy atom. The van der Waals surface area contributed by atoms with Crippen LogP contribution in [0.4, 0.5) is 11.5 Å². The van der Waals surface area contributed by atoms with E-state index in [1.165, 1.54) is 6.20 Å². The van der Waals surface area contributed by atoms with E-state index in [1.54, 1.807) is 25.4 Å². The number of aromatic nitrogens is 2. The first-order valence-electron chi connectivity index (χ1n) is 7.25. The molecule has 22 heavy (non-hydrogen) atoms. The number of nitrogens with one attached hydrogen (secondary N) is 2. The van der Waals surface area contributed by atoms with Gasteiger partial charge in [0.05, 0.1) is 25.2 Å². The molecule has 116 valence electrons. The van der Waals surface area contributed by atoms with Gasteiger partial charge in [-0.05, 0) is 18.6 Å². The van der Waals surface area contributed by atoms with Crippen LogP contribution < -0.4 is 15.4 Å². The van der Waals surface area contributed by atoms with Crippen molar-refractivity contribution in [3.63, 3.8) is 0 Å². The smallest absolute Gasteiger partial charge is 0.275 e. The van der Waals surface area contributed by atoms with Crippen LogP contribution in [-0.2, 0) is 0 Å². The second-order valence-electron chi connectivity index (χ2n) is 4.72. The van der Waals surface area contributed by atoms with E-state index in [0.717, 1.165) is 19.4 Å². The topological polar surface area (TPSA) is 76.1 Å². The summed E-state index contributed by atoms with van der Waals surface area (Å²) in [5.74, 6) is 0.945. The molecule has 1 aromatic heterocycles. The molecule has 0 aliphatic carbocycles. The first-order valence-corrected chi connectivity index (χ1v) is 7.25. The fourth-order valence-electron chi connectivity index (χ4n) is 1.86. The Kier molecular flexibility index (Phi) is 5.71. The van der Waals surface area contributed by atoms with Crippen molar-refractivity contribution in [1.29, 1.82) is 0 Å². The molecule has 1 amide bonds. The summed E-state index contributed by atoms with van der Waals surface area (Å²) in [4.78, 5) is 20.5. The zero-order valence-corrected chi connectivity index (χ0v) is 12.8. The van der Waals surface area contributed by atoms with E-state index >= 15 is 0 Å².